The molecule has 0 aliphatic carbocycles. The average molecular weight is 361 g/mol. The van der Waals surface area contributed by atoms with Crippen molar-refractivity contribution < 1.29 is 5.11 Å². The summed E-state index contributed by atoms with van der Waals surface area (Å²) in [6.07, 6.45) is 0.667. The van der Waals surface area contributed by atoms with E-state index in [2.05, 4.69) is 58.9 Å². The van der Waals surface area contributed by atoms with E-state index in [4.69, 9.17) is 12.2 Å². The Bertz CT molecular complexity index is 1210. The summed E-state index contributed by atoms with van der Waals surface area (Å²) in [4.78, 5) is 3.61. The molecular weight excluding hydrogens is 342 g/mol. The van der Waals surface area contributed by atoms with Gasteiger partial charge in [0.15, 0.2) is 4.77 Å². The van der Waals surface area contributed by atoms with Gasteiger partial charge in [-0.25, -0.2) is 0 Å². The first-order valence-electron chi connectivity index (χ1n) is 8.76. The molecule has 0 unspecified atom stereocenters. The van der Waals surface area contributed by atoms with Gasteiger partial charge >= 0.3 is 0 Å². The van der Waals surface area contributed by atoms with E-state index in [1.807, 2.05) is 13.1 Å². The maximum absolute atomic E-state index is 10.6. The number of fused-ring (bicyclic) bond motifs is 4. The molecule has 5 heteroatoms. The van der Waals surface area contributed by atoms with E-state index in [9.17, 15) is 5.11 Å². The Morgan fingerprint density at radius 1 is 1.12 bits per heavy atom. The molecule has 2 aromatic carbocycles. The third-order valence-corrected chi connectivity index (χ3v) is 6.02. The summed E-state index contributed by atoms with van der Waals surface area (Å²) in [5.41, 5.74) is 6.87. The van der Waals surface area contributed by atoms with E-state index >= 15 is 0 Å². The topological polar surface area (TPSA) is 45.9 Å². The summed E-state index contributed by atoms with van der Waals surface area (Å²) < 4.78 is 4.40. The smallest absolute Gasteiger partial charge is 0.213 e. The Hall–Kier alpha value is -2.79. The highest BCUT2D eigenvalue weighted by Gasteiger charge is 2.30. The molecule has 0 amide bonds. The number of rotatable bonds is 1. The van der Waals surface area contributed by atoms with Crippen LogP contribution in [0.5, 0.6) is 5.88 Å². The van der Waals surface area contributed by atoms with Gasteiger partial charge in [-0.15, -0.1) is 0 Å². The van der Waals surface area contributed by atoms with Crippen LogP contribution in [-0.2, 0) is 13.5 Å². The number of imidazole rings is 1. The van der Waals surface area contributed by atoms with Crippen molar-refractivity contribution in [2.75, 3.05) is 0 Å². The van der Waals surface area contributed by atoms with Gasteiger partial charge in [-0.1, -0.05) is 42.5 Å². The van der Waals surface area contributed by atoms with Crippen LogP contribution in [0.3, 0.4) is 0 Å². The van der Waals surface area contributed by atoms with Gasteiger partial charge in [0.05, 0.1) is 11.7 Å². The standard InChI is InChI=1S/C21H19N3OS/c1-12-19-15(11-17-20(25)23(2)21(26)24(12)17)18-14(9-6-10-16(18)22-19)13-7-4-3-5-8-13/h3-10,12,22,25H,11H2,1-2H3/t12-/m0/s1. The minimum atomic E-state index is 0.0596. The molecule has 0 bridgehead atoms. The molecule has 5 rings (SSSR count). The van der Waals surface area contributed by atoms with Crippen LogP contribution in [-0.4, -0.2) is 19.2 Å². The first-order chi connectivity index (χ1) is 12.6. The fourth-order valence-corrected chi connectivity index (χ4v) is 4.62. The molecule has 1 atom stereocenters. The molecule has 0 radical (unpaired) electrons. The van der Waals surface area contributed by atoms with Crippen LogP contribution in [0.2, 0.25) is 0 Å². The van der Waals surface area contributed by atoms with Gasteiger partial charge in [0.25, 0.3) is 0 Å². The monoisotopic (exact) mass is 361 g/mol. The number of H-pyrrole nitrogens is 1. The predicted octanol–water partition coefficient (Wildman–Crippen LogP) is 4.92. The minimum Gasteiger partial charge on any atom is -0.493 e. The lowest BCUT2D eigenvalue weighted by Crippen LogP contribution is -2.18. The van der Waals surface area contributed by atoms with Gasteiger partial charge in [-0.2, -0.15) is 0 Å². The lowest BCUT2D eigenvalue weighted by Gasteiger charge is -2.23. The molecule has 1 aliphatic heterocycles. The largest absolute Gasteiger partial charge is 0.493 e. The minimum absolute atomic E-state index is 0.0596. The van der Waals surface area contributed by atoms with E-state index in [0.29, 0.717) is 11.2 Å². The third kappa shape index (κ3) is 1.92. The Morgan fingerprint density at radius 2 is 1.88 bits per heavy atom. The Morgan fingerprint density at radius 3 is 2.65 bits per heavy atom. The first-order valence-corrected chi connectivity index (χ1v) is 9.16. The Balaban J connectivity index is 1.82. The molecule has 4 aromatic rings. The molecule has 3 heterocycles. The fourth-order valence-electron chi connectivity index (χ4n) is 4.26. The number of benzene rings is 2. The summed E-state index contributed by atoms with van der Waals surface area (Å²) in [6.45, 7) is 2.13. The number of nitrogens with zero attached hydrogens (tertiary/aromatic N) is 2. The summed E-state index contributed by atoms with van der Waals surface area (Å²) in [5, 5.41) is 11.8. The van der Waals surface area contributed by atoms with Crippen molar-refractivity contribution in [3.05, 3.63) is 70.3 Å². The summed E-state index contributed by atoms with van der Waals surface area (Å²) in [5.74, 6) is 0.263. The van der Waals surface area contributed by atoms with E-state index in [0.717, 1.165) is 11.2 Å². The normalized spacial score (nSPS) is 15.8. The molecule has 0 saturated carbocycles. The highest BCUT2D eigenvalue weighted by molar-refractivity contribution is 7.71. The van der Waals surface area contributed by atoms with Gasteiger partial charge in [-0.3, -0.25) is 4.57 Å². The fraction of sp³-hybridized carbons (Fsp3) is 0.190. The first kappa shape index (κ1) is 15.5. The van der Waals surface area contributed by atoms with Crippen molar-refractivity contribution in [2.24, 2.45) is 7.05 Å². The molecule has 26 heavy (non-hydrogen) atoms. The zero-order chi connectivity index (χ0) is 18.0. The predicted molar refractivity (Wildman–Crippen MR) is 106 cm³/mol. The van der Waals surface area contributed by atoms with Gasteiger partial charge in [0.2, 0.25) is 5.88 Å². The van der Waals surface area contributed by atoms with Crippen LogP contribution in [0.25, 0.3) is 22.0 Å². The van der Waals surface area contributed by atoms with E-state index in [-0.39, 0.29) is 11.9 Å². The van der Waals surface area contributed by atoms with E-state index in [1.165, 1.54) is 27.8 Å². The van der Waals surface area contributed by atoms with Crippen LogP contribution in [0, 0.1) is 4.77 Å². The van der Waals surface area contributed by atoms with Gasteiger partial charge in [0.1, 0.15) is 0 Å². The van der Waals surface area contributed by atoms with Crippen LogP contribution >= 0.6 is 12.2 Å². The average Bonchev–Trinajstić information content (AvgIpc) is 3.15. The quantitative estimate of drug-likeness (QED) is 0.473. The van der Waals surface area contributed by atoms with Crippen molar-refractivity contribution in [2.45, 2.75) is 19.4 Å². The second kappa shape index (κ2) is 5.35. The summed E-state index contributed by atoms with van der Waals surface area (Å²) >= 11 is 5.54. The third-order valence-electron chi connectivity index (χ3n) is 5.55. The lowest BCUT2D eigenvalue weighted by atomic mass is 9.93. The number of hydrogen-bond donors (Lipinski definition) is 2. The zero-order valence-corrected chi connectivity index (χ0v) is 15.5. The van der Waals surface area contributed by atoms with Gasteiger partial charge in [0, 0.05) is 30.1 Å². The molecule has 2 N–H and O–H groups in total. The maximum atomic E-state index is 10.6. The number of hydrogen-bond acceptors (Lipinski definition) is 2. The van der Waals surface area contributed by atoms with Crippen molar-refractivity contribution in [1.29, 1.82) is 0 Å². The number of nitrogens with one attached hydrogen (secondary N) is 1. The highest BCUT2D eigenvalue weighted by Crippen LogP contribution is 2.42. The molecule has 0 spiro atoms. The summed E-state index contributed by atoms with van der Waals surface area (Å²) in [6, 6.07) is 16.9. The van der Waals surface area contributed by atoms with Crippen molar-refractivity contribution in [3.8, 4) is 17.0 Å². The van der Waals surface area contributed by atoms with Crippen LogP contribution in [0.1, 0.15) is 29.9 Å². The van der Waals surface area contributed by atoms with E-state index < -0.39 is 0 Å². The number of aromatic amines is 1. The van der Waals surface area contributed by atoms with Crippen molar-refractivity contribution in [1.82, 2.24) is 14.1 Å². The van der Waals surface area contributed by atoms with Crippen LogP contribution < -0.4 is 0 Å². The summed E-state index contributed by atoms with van der Waals surface area (Å²) in [7, 11) is 1.82. The lowest BCUT2D eigenvalue weighted by molar-refractivity contribution is 0.423. The molecule has 1 aliphatic rings. The van der Waals surface area contributed by atoms with Crippen LogP contribution in [0.4, 0.5) is 0 Å². The second-order valence-corrected chi connectivity index (χ2v) is 7.31. The second-order valence-electron chi connectivity index (χ2n) is 6.95. The number of aromatic nitrogens is 3. The SMILES string of the molecule is C[C@H]1c2[nH]c3cccc(-c4ccccc4)c3c2Cc2c(O)n(C)c(=S)n21. The molecule has 0 saturated heterocycles. The van der Waals surface area contributed by atoms with Crippen molar-refractivity contribution >= 4 is 23.1 Å². The maximum Gasteiger partial charge on any atom is 0.213 e. The molecule has 0 fully saturated rings. The van der Waals surface area contributed by atoms with Crippen molar-refractivity contribution in [3.63, 3.8) is 0 Å². The zero-order valence-electron chi connectivity index (χ0n) is 14.7. The number of aromatic hydroxyl groups is 1. The molecule has 2 aromatic heterocycles. The Kier molecular flexibility index (Phi) is 3.18. The molecule has 4 nitrogen and oxygen atoms in total. The molecule has 130 valence electrons. The van der Waals surface area contributed by atoms with Gasteiger partial charge < -0.3 is 14.7 Å². The molecular formula is C21H19N3OS. The van der Waals surface area contributed by atoms with Gasteiger partial charge in [-0.05, 0) is 41.9 Å². The highest BCUT2D eigenvalue weighted by atomic mass is 32.1. The Labute approximate surface area is 156 Å². The van der Waals surface area contributed by atoms with Crippen LogP contribution in [0.15, 0.2) is 48.5 Å². The van der Waals surface area contributed by atoms with E-state index in [1.54, 1.807) is 4.57 Å².